The van der Waals surface area contributed by atoms with Crippen LogP contribution in [0.4, 0.5) is 0 Å². The minimum atomic E-state index is -0.133. The Balaban J connectivity index is 1.75. The Kier molecular flexibility index (Phi) is 5.21. The number of halogens is 2. The van der Waals surface area contributed by atoms with E-state index >= 15 is 0 Å². The number of phenols is 1. The van der Waals surface area contributed by atoms with Gasteiger partial charge in [0.15, 0.2) is 0 Å². The van der Waals surface area contributed by atoms with E-state index in [-0.39, 0.29) is 18.0 Å². The first-order chi connectivity index (χ1) is 13.1. The van der Waals surface area contributed by atoms with Crippen molar-refractivity contribution in [3.63, 3.8) is 0 Å². The maximum absolute atomic E-state index is 10.3. The van der Waals surface area contributed by atoms with Crippen molar-refractivity contribution in [1.29, 1.82) is 0 Å². The predicted octanol–water partition coefficient (Wildman–Crippen LogP) is 5.78. The molecule has 136 valence electrons. The van der Waals surface area contributed by atoms with Crippen LogP contribution < -0.4 is 10.6 Å². The van der Waals surface area contributed by atoms with Crippen LogP contribution in [-0.2, 0) is 0 Å². The van der Waals surface area contributed by atoms with Gasteiger partial charge in [0.25, 0.3) is 0 Å². The summed E-state index contributed by atoms with van der Waals surface area (Å²) in [5.41, 5.74) is 4.00. The Morgan fingerprint density at radius 1 is 0.889 bits per heavy atom. The van der Waals surface area contributed by atoms with Crippen molar-refractivity contribution in [2.75, 3.05) is 0 Å². The third kappa shape index (κ3) is 4.03. The monoisotopic (exact) mass is 440 g/mol. The number of hydrogen-bond acceptors (Lipinski definition) is 3. The van der Waals surface area contributed by atoms with Crippen molar-refractivity contribution < 1.29 is 5.11 Å². The van der Waals surface area contributed by atoms with Crippen molar-refractivity contribution >= 4 is 33.2 Å². The summed E-state index contributed by atoms with van der Waals surface area (Å²) in [4.78, 5) is 0. The molecule has 0 spiro atoms. The quantitative estimate of drug-likeness (QED) is 0.482. The summed E-state index contributed by atoms with van der Waals surface area (Å²) in [6.07, 6.45) is 1.99. The van der Waals surface area contributed by atoms with Crippen LogP contribution >= 0.6 is 27.5 Å². The summed E-state index contributed by atoms with van der Waals surface area (Å²) in [5.74, 6) is 0.276. The van der Waals surface area contributed by atoms with Crippen molar-refractivity contribution in [3.05, 3.63) is 105 Å². The third-order valence-corrected chi connectivity index (χ3v) is 5.39. The summed E-state index contributed by atoms with van der Waals surface area (Å²) in [5, 5.41) is 18.2. The minimum absolute atomic E-state index is 0.115. The fourth-order valence-electron chi connectivity index (χ4n) is 3.21. The van der Waals surface area contributed by atoms with Gasteiger partial charge in [0, 0.05) is 20.8 Å². The lowest BCUT2D eigenvalue weighted by atomic mass is 9.98. The summed E-state index contributed by atoms with van der Waals surface area (Å²) in [6, 6.07) is 23.2. The predicted molar refractivity (Wildman–Crippen MR) is 113 cm³/mol. The lowest BCUT2D eigenvalue weighted by Crippen LogP contribution is -2.39. The molecule has 0 fully saturated rings. The van der Waals surface area contributed by atoms with Crippen LogP contribution in [0, 0.1) is 0 Å². The summed E-state index contributed by atoms with van der Waals surface area (Å²) < 4.78 is 1.03. The smallest absolute Gasteiger partial charge is 0.120 e. The van der Waals surface area contributed by atoms with E-state index < -0.39 is 0 Å². The van der Waals surface area contributed by atoms with E-state index in [0.29, 0.717) is 5.02 Å². The third-order valence-electron chi connectivity index (χ3n) is 4.61. The van der Waals surface area contributed by atoms with E-state index in [2.05, 4.69) is 44.8 Å². The van der Waals surface area contributed by atoms with Crippen LogP contribution in [0.1, 0.15) is 28.9 Å². The second-order valence-corrected chi connectivity index (χ2v) is 7.77. The topological polar surface area (TPSA) is 44.3 Å². The van der Waals surface area contributed by atoms with E-state index in [9.17, 15) is 5.11 Å². The van der Waals surface area contributed by atoms with Crippen LogP contribution in [0.5, 0.6) is 5.75 Å². The fraction of sp³-hybridized carbons (Fsp3) is 0.0909. The summed E-state index contributed by atoms with van der Waals surface area (Å²) >= 11 is 9.53. The first-order valence-corrected chi connectivity index (χ1v) is 9.81. The van der Waals surface area contributed by atoms with E-state index in [0.717, 1.165) is 26.9 Å². The highest BCUT2D eigenvalue weighted by molar-refractivity contribution is 9.10. The number of phenolic OH excluding ortho intramolecular Hbond substituents is 1. The molecule has 1 aliphatic heterocycles. The Morgan fingerprint density at radius 3 is 2.30 bits per heavy atom. The van der Waals surface area contributed by atoms with Crippen molar-refractivity contribution in [2.24, 2.45) is 0 Å². The zero-order valence-electron chi connectivity index (χ0n) is 14.4. The number of nitrogens with one attached hydrogen (secondary N) is 2. The van der Waals surface area contributed by atoms with Gasteiger partial charge >= 0.3 is 0 Å². The van der Waals surface area contributed by atoms with E-state index in [4.69, 9.17) is 11.6 Å². The van der Waals surface area contributed by atoms with Gasteiger partial charge < -0.3 is 10.4 Å². The molecule has 0 radical (unpaired) electrons. The maximum atomic E-state index is 10.3. The van der Waals surface area contributed by atoms with Crippen molar-refractivity contribution in [1.82, 2.24) is 10.6 Å². The fourth-order valence-corrected chi connectivity index (χ4v) is 3.60. The molecular formula is C22H18BrClN2O. The summed E-state index contributed by atoms with van der Waals surface area (Å²) in [7, 11) is 0. The molecule has 0 bridgehead atoms. The van der Waals surface area contributed by atoms with Crippen molar-refractivity contribution in [2.45, 2.75) is 12.2 Å². The Bertz CT molecular complexity index is 970. The van der Waals surface area contributed by atoms with E-state index in [1.807, 2.05) is 54.6 Å². The lowest BCUT2D eigenvalue weighted by Gasteiger charge is -2.33. The molecule has 0 aliphatic carbocycles. The zero-order valence-corrected chi connectivity index (χ0v) is 16.7. The summed E-state index contributed by atoms with van der Waals surface area (Å²) in [6.45, 7) is 0. The molecule has 0 saturated heterocycles. The van der Waals surface area contributed by atoms with Gasteiger partial charge in [-0.05, 0) is 47.5 Å². The standard InChI is InChI=1S/C22H18BrClN2O/c23-16-9-5-14(6-10-16)19-13-20(18-3-1-2-4-21(18)27)26-22(25-19)15-7-11-17(24)12-8-15/h1-13,20,22,25-27H. The first kappa shape index (κ1) is 18.1. The van der Waals surface area contributed by atoms with Crippen LogP contribution in [0.2, 0.25) is 5.02 Å². The molecule has 3 aromatic carbocycles. The van der Waals surface area contributed by atoms with Crippen LogP contribution in [0.25, 0.3) is 5.70 Å². The molecule has 0 aromatic heterocycles. The molecule has 3 aromatic rings. The molecule has 27 heavy (non-hydrogen) atoms. The van der Waals surface area contributed by atoms with Gasteiger partial charge in [0.2, 0.25) is 0 Å². The second-order valence-electron chi connectivity index (χ2n) is 6.42. The number of benzene rings is 3. The van der Waals surface area contributed by atoms with Gasteiger partial charge in [-0.3, -0.25) is 5.32 Å². The first-order valence-electron chi connectivity index (χ1n) is 8.64. The van der Waals surface area contributed by atoms with Gasteiger partial charge in [-0.25, -0.2) is 0 Å². The van der Waals surface area contributed by atoms with Gasteiger partial charge in [0.05, 0.1) is 6.04 Å². The molecule has 0 saturated carbocycles. The Hall–Kier alpha value is -2.27. The van der Waals surface area contributed by atoms with Crippen LogP contribution in [-0.4, -0.2) is 5.11 Å². The zero-order chi connectivity index (χ0) is 18.8. The largest absolute Gasteiger partial charge is 0.508 e. The Morgan fingerprint density at radius 2 is 1.59 bits per heavy atom. The number of para-hydroxylation sites is 1. The molecular weight excluding hydrogens is 424 g/mol. The molecule has 2 unspecified atom stereocenters. The molecule has 2 atom stereocenters. The van der Waals surface area contributed by atoms with E-state index in [1.54, 1.807) is 6.07 Å². The molecule has 3 N–H and O–H groups in total. The minimum Gasteiger partial charge on any atom is -0.508 e. The van der Waals surface area contributed by atoms with Gasteiger partial charge in [0.1, 0.15) is 11.9 Å². The highest BCUT2D eigenvalue weighted by Crippen LogP contribution is 2.33. The Labute approximate surface area is 171 Å². The molecule has 1 heterocycles. The lowest BCUT2D eigenvalue weighted by molar-refractivity contribution is 0.419. The van der Waals surface area contributed by atoms with Crippen molar-refractivity contribution in [3.8, 4) is 5.75 Å². The van der Waals surface area contributed by atoms with Crippen LogP contribution in [0.15, 0.2) is 83.3 Å². The second kappa shape index (κ2) is 7.77. The molecule has 1 aliphatic rings. The maximum Gasteiger partial charge on any atom is 0.120 e. The molecule has 4 rings (SSSR count). The van der Waals surface area contributed by atoms with E-state index in [1.165, 1.54) is 0 Å². The van der Waals surface area contributed by atoms with Gasteiger partial charge in [-0.2, -0.15) is 0 Å². The van der Waals surface area contributed by atoms with Gasteiger partial charge in [-0.1, -0.05) is 70.0 Å². The number of rotatable bonds is 3. The average Bonchev–Trinajstić information content (AvgIpc) is 2.69. The van der Waals surface area contributed by atoms with Crippen LogP contribution in [0.3, 0.4) is 0 Å². The van der Waals surface area contributed by atoms with Gasteiger partial charge in [-0.15, -0.1) is 0 Å². The normalized spacial score (nSPS) is 19.3. The molecule has 5 heteroatoms. The SMILES string of the molecule is Oc1ccccc1C1C=C(c2ccc(Br)cc2)NC(c2ccc(Cl)cc2)N1. The number of aromatic hydroxyl groups is 1. The number of hydrogen-bond donors (Lipinski definition) is 3. The highest BCUT2D eigenvalue weighted by Gasteiger charge is 2.25. The highest BCUT2D eigenvalue weighted by atomic mass is 79.9. The average molecular weight is 442 g/mol. The molecule has 3 nitrogen and oxygen atoms in total. The molecule has 0 amide bonds.